The van der Waals surface area contributed by atoms with E-state index in [0.29, 0.717) is 6.54 Å². The van der Waals surface area contributed by atoms with E-state index in [0.717, 1.165) is 19.5 Å². The van der Waals surface area contributed by atoms with Crippen LogP contribution in [0.25, 0.3) is 0 Å². The second-order valence-corrected chi connectivity index (χ2v) is 6.69. The summed E-state index contributed by atoms with van der Waals surface area (Å²) in [5.74, 6) is -0.0123. The van der Waals surface area contributed by atoms with Gasteiger partial charge in [0.2, 0.25) is 5.91 Å². The van der Waals surface area contributed by atoms with E-state index in [1.807, 2.05) is 0 Å². The van der Waals surface area contributed by atoms with Crippen LogP contribution in [0.3, 0.4) is 0 Å². The molecular weight excluding hydrogens is 300 g/mol. The third-order valence-electron chi connectivity index (χ3n) is 5.06. The van der Waals surface area contributed by atoms with Crippen molar-refractivity contribution in [3.05, 3.63) is 71.8 Å². The van der Waals surface area contributed by atoms with Crippen molar-refractivity contribution in [2.24, 2.45) is 0 Å². The molecule has 2 aromatic carbocycles. The number of nitrogens with zero attached hydrogens (tertiary/aromatic N) is 1. The van der Waals surface area contributed by atoms with Crippen molar-refractivity contribution in [2.45, 2.75) is 18.1 Å². The monoisotopic (exact) mass is 322 g/mol. The van der Waals surface area contributed by atoms with E-state index in [9.17, 15) is 4.79 Å². The number of hydrogen-bond donors (Lipinski definition) is 1. The molecule has 1 N–H and O–H groups in total. The zero-order chi connectivity index (χ0) is 16.4. The van der Waals surface area contributed by atoms with E-state index in [1.54, 1.807) is 0 Å². The lowest BCUT2D eigenvalue weighted by molar-refractivity contribution is -0.142. The highest BCUT2D eigenvalue weighted by atomic mass is 16.5. The van der Waals surface area contributed by atoms with Crippen LogP contribution in [0.2, 0.25) is 0 Å². The van der Waals surface area contributed by atoms with Crippen molar-refractivity contribution in [3.8, 4) is 0 Å². The first-order chi connectivity index (χ1) is 11.8. The van der Waals surface area contributed by atoms with Crippen molar-refractivity contribution in [1.29, 1.82) is 0 Å². The summed E-state index contributed by atoms with van der Waals surface area (Å²) >= 11 is 0. The van der Waals surface area contributed by atoms with Crippen LogP contribution in [0.4, 0.5) is 0 Å². The van der Waals surface area contributed by atoms with E-state index in [1.165, 1.54) is 11.1 Å². The van der Waals surface area contributed by atoms with Gasteiger partial charge in [0.25, 0.3) is 0 Å². The zero-order valence-electron chi connectivity index (χ0n) is 13.7. The number of carbonyl (C=O) groups excluding carboxylic acids is 1. The van der Waals surface area contributed by atoms with Crippen LogP contribution in [0, 0.1) is 0 Å². The topological polar surface area (TPSA) is 41.6 Å². The molecule has 2 saturated heterocycles. The molecule has 4 nitrogen and oxygen atoms in total. The molecule has 0 saturated carbocycles. The van der Waals surface area contributed by atoms with Crippen LogP contribution in [0.5, 0.6) is 0 Å². The predicted molar refractivity (Wildman–Crippen MR) is 92.6 cm³/mol. The normalized spacial score (nSPS) is 24.5. The van der Waals surface area contributed by atoms with Gasteiger partial charge in [0.05, 0.1) is 11.6 Å². The molecule has 2 fully saturated rings. The molecule has 1 atom stereocenters. The molecule has 24 heavy (non-hydrogen) atoms. The molecule has 0 bridgehead atoms. The Bertz CT molecular complexity index is 653. The summed E-state index contributed by atoms with van der Waals surface area (Å²) < 4.78 is 5.94. The molecule has 2 aliphatic rings. The van der Waals surface area contributed by atoms with Gasteiger partial charge in [-0.15, -0.1) is 0 Å². The van der Waals surface area contributed by atoms with Gasteiger partial charge in [0.1, 0.15) is 6.61 Å². The highest BCUT2D eigenvalue weighted by Gasteiger charge is 2.44. The number of ether oxygens (including phenoxy) is 1. The van der Waals surface area contributed by atoms with Crippen LogP contribution in [-0.2, 0) is 9.53 Å². The summed E-state index contributed by atoms with van der Waals surface area (Å²) in [7, 11) is 0. The quantitative estimate of drug-likeness (QED) is 0.943. The number of benzene rings is 2. The number of hydrogen-bond acceptors (Lipinski definition) is 3. The maximum Gasteiger partial charge on any atom is 0.246 e. The Kier molecular flexibility index (Phi) is 4.08. The fourth-order valence-corrected chi connectivity index (χ4v) is 3.82. The summed E-state index contributed by atoms with van der Waals surface area (Å²) in [4.78, 5) is 13.9. The van der Waals surface area contributed by atoms with E-state index < -0.39 is 0 Å². The van der Waals surface area contributed by atoms with E-state index >= 15 is 0 Å². The van der Waals surface area contributed by atoms with Crippen LogP contribution >= 0.6 is 0 Å². The fourth-order valence-electron chi connectivity index (χ4n) is 3.82. The van der Waals surface area contributed by atoms with Crippen molar-refractivity contribution < 1.29 is 9.53 Å². The number of nitrogens with one attached hydrogen (secondary N) is 1. The minimum absolute atomic E-state index is 0.0123. The Morgan fingerprint density at radius 3 is 2.17 bits per heavy atom. The first-order valence-corrected chi connectivity index (χ1v) is 8.50. The van der Waals surface area contributed by atoms with Gasteiger partial charge < -0.3 is 10.1 Å². The SMILES string of the molecule is O=C1COC2(CCN(C(c3ccccc3)c3ccccc3)C2)CN1. The molecule has 4 heteroatoms. The Labute approximate surface area is 142 Å². The molecule has 0 aliphatic carbocycles. The van der Waals surface area contributed by atoms with Gasteiger partial charge in [0, 0.05) is 19.6 Å². The second kappa shape index (κ2) is 6.38. The summed E-state index contributed by atoms with van der Waals surface area (Å²) in [6.07, 6.45) is 0.948. The summed E-state index contributed by atoms with van der Waals surface area (Å²) in [5.41, 5.74) is 2.34. The third kappa shape index (κ3) is 2.95. The fraction of sp³-hybridized carbons (Fsp3) is 0.350. The van der Waals surface area contributed by atoms with Crippen molar-refractivity contribution in [3.63, 3.8) is 0 Å². The van der Waals surface area contributed by atoms with E-state index in [4.69, 9.17) is 4.74 Å². The molecule has 0 radical (unpaired) electrons. The maximum absolute atomic E-state index is 11.4. The lowest BCUT2D eigenvalue weighted by Gasteiger charge is -2.35. The molecule has 2 heterocycles. The highest BCUT2D eigenvalue weighted by Crippen LogP contribution is 2.36. The average Bonchev–Trinajstić information content (AvgIpc) is 3.04. The molecular formula is C20H22N2O2. The van der Waals surface area contributed by atoms with Crippen molar-refractivity contribution >= 4 is 5.91 Å². The van der Waals surface area contributed by atoms with Crippen molar-refractivity contribution in [2.75, 3.05) is 26.2 Å². The smallest absolute Gasteiger partial charge is 0.246 e. The molecule has 1 spiro atoms. The van der Waals surface area contributed by atoms with Gasteiger partial charge >= 0.3 is 0 Å². The van der Waals surface area contributed by atoms with E-state index in [-0.39, 0.29) is 24.2 Å². The number of morpholine rings is 1. The molecule has 1 unspecified atom stereocenters. The molecule has 4 rings (SSSR count). The maximum atomic E-state index is 11.4. The van der Waals surface area contributed by atoms with Gasteiger partial charge in [-0.25, -0.2) is 0 Å². The second-order valence-electron chi connectivity index (χ2n) is 6.69. The predicted octanol–water partition coefficient (Wildman–Crippen LogP) is 2.37. The highest BCUT2D eigenvalue weighted by molar-refractivity contribution is 5.78. The van der Waals surface area contributed by atoms with Gasteiger partial charge in [0.15, 0.2) is 0 Å². The van der Waals surface area contributed by atoms with Crippen LogP contribution < -0.4 is 5.32 Å². The first kappa shape index (κ1) is 15.4. The standard InChI is InChI=1S/C20H22N2O2/c23-18-13-24-20(14-21-18)11-12-22(15-20)19(16-7-3-1-4-8-16)17-9-5-2-6-10-17/h1-10,19H,11-15H2,(H,21,23). The number of carbonyl (C=O) groups is 1. The Morgan fingerprint density at radius 1 is 1.00 bits per heavy atom. The molecule has 0 aromatic heterocycles. The minimum Gasteiger partial charge on any atom is -0.362 e. The lowest BCUT2D eigenvalue weighted by atomic mass is 9.97. The van der Waals surface area contributed by atoms with Gasteiger partial charge in [-0.1, -0.05) is 60.7 Å². The largest absolute Gasteiger partial charge is 0.362 e. The number of amides is 1. The lowest BCUT2D eigenvalue weighted by Crippen LogP contribution is -2.54. The molecule has 2 aromatic rings. The summed E-state index contributed by atoms with van der Waals surface area (Å²) in [5, 5.41) is 2.96. The van der Waals surface area contributed by atoms with E-state index in [2.05, 4.69) is 70.9 Å². The van der Waals surface area contributed by atoms with Gasteiger partial charge in [-0.05, 0) is 17.5 Å². The number of likely N-dealkylation sites (tertiary alicyclic amines) is 1. The average molecular weight is 322 g/mol. The molecule has 124 valence electrons. The minimum atomic E-state index is -0.240. The Morgan fingerprint density at radius 2 is 1.62 bits per heavy atom. The van der Waals surface area contributed by atoms with Crippen LogP contribution in [0.15, 0.2) is 60.7 Å². The van der Waals surface area contributed by atoms with Crippen LogP contribution in [-0.4, -0.2) is 42.6 Å². The molecule has 1 amide bonds. The Balaban J connectivity index is 1.62. The van der Waals surface area contributed by atoms with Gasteiger partial charge in [-0.3, -0.25) is 9.69 Å². The number of rotatable bonds is 3. The zero-order valence-corrected chi connectivity index (χ0v) is 13.7. The van der Waals surface area contributed by atoms with Gasteiger partial charge in [-0.2, -0.15) is 0 Å². The first-order valence-electron chi connectivity index (χ1n) is 8.50. The summed E-state index contributed by atoms with van der Waals surface area (Å²) in [6.45, 7) is 2.58. The van der Waals surface area contributed by atoms with Crippen LogP contribution in [0.1, 0.15) is 23.6 Å². The Hall–Kier alpha value is -2.17. The molecule has 2 aliphatic heterocycles. The van der Waals surface area contributed by atoms with Crippen molar-refractivity contribution in [1.82, 2.24) is 10.2 Å². The summed E-state index contributed by atoms with van der Waals surface area (Å²) in [6, 6.07) is 21.4. The third-order valence-corrected chi connectivity index (χ3v) is 5.06.